The summed E-state index contributed by atoms with van der Waals surface area (Å²) in [7, 11) is 0. The molecule has 0 fully saturated rings. The van der Waals surface area contributed by atoms with Crippen LogP contribution in [0.15, 0.2) is 16.8 Å². The Bertz CT molecular complexity index is 623. The zero-order valence-corrected chi connectivity index (χ0v) is 12.4. The Morgan fingerprint density at radius 2 is 2.24 bits per heavy atom. The number of hydrogen-bond acceptors (Lipinski definition) is 6. The van der Waals surface area contributed by atoms with Crippen molar-refractivity contribution in [2.75, 3.05) is 6.54 Å². The van der Waals surface area contributed by atoms with Gasteiger partial charge in [0, 0.05) is 17.0 Å². The van der Waals surface area contributed by atoms with E-state index in [1.807, 2.05) is 16.8 Å². The van der Waals surface area contributed by atoms with Gasteiger partial charge in [-0.05, 0) is 30.5 Å². The number of rotatable bonds is 6. The maximum Gasteiger partial charge on any atom is 0.323 e. The number of carbonyl (C=O) groups is 2. The monoisotopic (exact) mass is 309 g/mol. The molecule has 2 rings (SSSR count). The molecule has 1 amide bonds. The maximum atomic E-state index is 12.1. The number of tetrazole rings is 1. The number of carbonyl (C=O) groups excluding carboxylic acids is 1. The first-order valence-corrected chi connectivity index (χ1v) is 7.23. The van der Waals surface area contributed by atoms with Crippen LogP contribution in [0.2, 0.25) is 0 Å². The quantitative estimate of drug-likeness (QED) is 0.844. The first-order chi connectivity index (χ1) is 9.97. The average Bonchev–Trinajstić information content (AvgIpc) is 3.05. The highest BCUT2D eigenvalue weighted by molar-refractivity contribution is 7.08. The molecule has 0 unspecified atom stereocenters. The van der Waals surface area contributed by atoms with Crippen LogP contribution >= 0.6 is 11.3 Å². The standard InChI is InChI=1S/C12H15N5O3S/c1-8(2)16(6-11(19)20)10(18)5-17-14-12(13-15-17)9-3-4-21-7-9/h3-4,7-8H,5-6H2,1-2H3,(H,19,20). The number of hydrogen-bond donors (Lipinski definition) is 1. The summed E-state index contributed by atoms with van der Waals surface area (Å²) < 4.78 is 0. The molecule has 0 aliphatic heterocycles. The fourth-order valence-electron chi connectivity index (χ4n) is 1.73. The molecule has 2 heterocycles. The van der Waals surface area contributed by atoms with E-state index >= 15 is 0 Å². The van der Waals surface area contributed by atoms with E-state index < -0.39 is 5.97 Å². The van der Waals surface area contributed by atoms with Crippen LogP contribution < -0.4 is 0 Å². The summed E-state index contributed by atoms with van der Waals surface area (Å²) in [6, 6.07) is 1.65. The van der Waals surface area contributed by atoms with Crippen LogP contribution in [0.3, 0.4) is 0 Å². The largest absolute Gasteiger partial charge is 0.480 e. The minimum absolute atomic E-state index is 0.136. The van der Waals surface area contributed by atoms with Crippen molar-refractivity contribution in [3.8, 4) is 11.4 Å². The van der Waals surface area contributed by atoms with E-state index in [-0.39, 0.29) is 25.0 Å². The van der Waals surface area contributed by atoms with Gasteiger partial charge < -0.3 is 10.0 Å². The van der Waals surface area contributed by atoms with Gasteiger partial charge in [-0.15, -0.1) is 10.2 Å². The van der Waals surface area contributed by atoms with Gasteiger partial charge in [-0.1, -0.05) is 0 Å². The molecule has 0 radical (unpaired) electrons. The van der Waals surface area contributed by atoms with Crippen molar-refractivity contribution in [3.63, 3.8) is 0 Å². The lowest BCUT2D eigenvalue weighted by Gasteiger charge is -2.24. The average molecular weight is 309 g/mol. The molecule has 0 spiro atoms. The Kier molecular flexibility index (Phi) is 4.63. The van der Waals surface area contributed by atoms with E-state index in [0.717, 1.165) is 5.56 Å². The fourth-order valence-corrected chi connectivity index (χ4v) is 2.37. The predicted octanol–water partition coefficient (Wildman–Crippen LogP) is 0.723. The van der Waals surface area contributed by atoms with Gasteiger partial charge >= 0.3 is 5.97 Å². The van der Waals surface area contributed by atoms with Gasteiger partial charge in [0.15, 0.2) is 0 Å². The van der Waals surface area contributed by atoms with Gasteiger partial charge in [0.25, 0.3) is 0 Å². The SMILES string of the molecule is CC(C)N(CC(=O)O)C(=O)Cn1nnc(-c2ccsc2)n1. The number of carboxylic acids is 1. The molecule has 0 bridgehead atoms. The molecule has 8 nitrogen and oxygen atoms in total. The molecule has 0 saturated heterocycles. The normalized spacial score (nSPS) is 10.8. The Balaban J connectivity index is 2.06. The minimum atomic E-state index is -1.05. The van der Waals surface area contributed by atoms with Crippen LogP contribution in [0.4, 0.5) is 0 Å². The lowest BCUT2D eigenvalue weighted by molar-refractivity contribution is -0.146. The second-order valence-corrected chi connectivity index (χ2v) is 5.44. The van der Waals surface area contributed by atoms with Crippen LogP contribution in [0.5, 0.6) is 0 Å². The third kappa shape index (κ3) is 3.85. The van der Waals surface area contributed by atoms with Crippen LogP contribution in [0, 0.1) is 0 Å². The highest BCUT2D eigenvalue weighted by atomic mass is 32.1. The van der Waals surface area contributed by atoms with Crippen molar-refractivity contribution in [2.24, 2.45) is 0 Å². The van der Waals surface area contributed by atoms with Gasteiger partial charge in [-0.25, -0.2) is 0 Å². The molecule has 2 aromatic heterocycles. The van der Waals surface area contributed by atoms with E-state index in [2.05, 4.69) is 15.4 Å². The topological polar surface area (TPSA) is 101 Å². The molecular weight excluding hydrogens is 294 g/mol. The number of carboxylic acid groups (broad SMARTS) is 1. The van der Waals surface area contributed by atoms with Gasteiger partial charge in [0.2, 0.25) is 11.7 Å². The highest BCUT2D eigenvalue weighted by Gasteiger charge is 2.21. The summed E-state index contributed by atoms with van der Waals surface area (Å²) in [6.45, 7) is 3.03. The van der Waals surface area contributed by atoms with Crippen LogP contribution in [0.1, 0.15) is 13.8 Å². The summed E-state index contributed by atoms with van der Waals surface area (Å²) in [4.78, 5) is 25.3. The third-order valence-corrected chi connectivity index (χ3v) is 3.44. The van der Waals surface area contributed by atoms with E-state index in [1.54, 1.807) is 13.8 Å². The first kappa shape index (κ1) is 15.1. The summed E-state index contributed by atoms with van der Waals surface area (Å²) in [5.41, 5.74) is 0.838. The number of aromatic nitrogens is 4. The summed E-state index contributed by atoms with van der Waals surface area (Å²) in [5.74, 6) is -0.970. The molecule has 9 heteroatoms. The van der Waals surface area contributed by atoms with E-state index in [1.165, 1.54) is 21.0 Å². The van der Waals surface area contributed by atoms with E-state index in [4.69, 9.17) is 5.11 Å². The second kappa shape index (κ2) is 6.44. The zero-order chi connectivity index (χ0) is 15.4. The van der Waals surface area contributed by atoms with Gasteiger partial charge in [-0.3, -0.25) is 9.59 Å². The Morgan fingerprint density at radius 3 is 2.81 bits per heavy atom. The number of aliphatic carboxylic acids is 1. The molecule has 0 atom stereocenters. The van der Waals surface area contributed by atoms with Gasteiger partial charge in [-0.2, -0.15) is 16.1 Å². The van der Waals surface area contributed by atoms with Crippen molar-refractivity contribution < 1.29 is 14.7 Å². The number of amides is 1. The molecule has 21 heavy (non-hydrogen) atoms. The maximum absolute atomic E-state index is 12.1. The van der Waals surface area contributed by atoms with Crippen molar-refractivity contribution in [2.45, 2.75) is 26.4 Å². The molecule has 0 aromatic carbocycles. The molecular formula is C12H15N5O3S. The molecule has 0 aliphatic rings. The second-order valence-electron chi connectivity index (χ2n) is 4.66. The van der Waals surface area contributed by atoms with E-state index in [0.29, 0.717) is 5.82 Å². The Hall–Kier alpha value is -2.29. The molecule has 112 valence electrons. The predicted molar refractivity (Wildman–Crippen MR) is 75.6 cm³/mol. The highest BCUT2D eigenvalue weighted by Crippen LogP contribution is 2.16. The molecule has 0 saturated carbocycles. The van der Waals surface area contributed by atoms with Crippen LogP contribution in [0.25, 0.3) is 11.4 Å². The lowest BCUT2D eigenvalue weighted by atomic mass is 10.3. The van der Waals surface area contributed by atoms with Crippen molar-refractivity contribution in [1.82, 2.24) is 25.1 Å². The van der Waals surface area contributed by atoms with Crippen molar-refractivity contribution >= 4 is 23.2 Å². The fraction of sp³-hybridized carbons (Fsp3) is 0.417. The molecule has 1 N–H and O–H groups in total. The number of thiophene rings is 1. The smallest absolute Gasteiger partial charge is 0.323 e. The third-order valence-electron chi connectivity index (χ3n) is 2.76. The van der Waals surface area contributed by atoms with Crippen LogP contribution in [-0.2, 0) is 16.1 Å². The zero-order valence-electron chi connectivity index (χ0n) is 11.6. The number of nitrogens with zero attached hydrogens (tertiary/aromatic N) is 5. The van der Waals surface area contributed by atoms with Gasteiger partial charge in [0.05, 0.1) is 0 Å². The van der Waals surface area contributed by atoms with Crippen LogP contribution in [-0.4, -0.2) is 54.7 Å². The van der Waals surface area contributed by atoms with Crippen molar-refractivity contribution in [3.05, 3.63) is 16.8 Å². The summed E-state index contributed by atoms with van der Waals surface area (Å²) in [6.07, 6.45) is 0. The Morgan fingerprint density at radius 1 is 1.48 bits per heavy atom. The minimum Gasteiger partial charge on any atom is -0.480 e. The Labute approximate surface area is 125 Å². The molecule has 2 aromatic rings. The molecule has 0 aliphatic carbocycles. The van der Waals surface area contributed by atoms with Crippen molar-refractivity contribution in [1.29, 1.82) is 0 Å². The lowest BCUT2D eigenvalue weighted by Crippen LogP contribution is -2.42. The first-order valence-electron chi connectivity index (χ1n) is 6.29. The van der Waals surface area contributed by atoms with E-state index in [9.17, 15) is 9.59 Å². The summed E-state index contributed by atoms with van der Waals surface area (Å²) >= 11 is 1.52. The summed E-state index contributed by atoms with van der Waals surface area (Å²) in [5, 5.41) is 24.4. The van der Waals surface area contributed by atoms with Gasteiger partial charge in [0.1, 0.15) is 13.1 Å².